The van der Waals surface area contributed by atoms with Crippen LogP contribution in [-0.4, -0.2) is 42.2 Å². The average Bonchev–Trinajstić information content (AvgIpc) is 2.64. The first kappa shape index (κ1) is 18.3. The third-order valence-electron chi connectivity index (χ3n) is 3.75. The van der Waals surface area contributed by atoms with E-state index in [-0.39, 0.29) is 0 Å². The molecule has 0 saturated carbocycles. The zero-order valence-electron chi connectivity index (χ0n) is 13.2. The fourth-order valence-electron chi connectivity index (χ4n) is 2.44. The van der Waals surface area contributed by atoms with E-state index in [0.29, 0.717) is 40.1 Å². The molecule has 1 aliphatic rings. The maximum absolute atomic E-state index is 12.4. The van der Waals surface area contributed by atoms with E-state index in [1.54, 1.807) is 30.3 Å². The van der Waals surface area contributed by atoms with Gasteiger partial charge in [-0.3, -0.25) is 0 Å². The van der Waals surface area contributed by atoms with Crippen molar-refractivity contribution < 1.29 is 14.3 Å². The standard InChI is InChI=1S/C18H15BrClNO3S/c19-13-3-6-16(24-18(22)12-1-4-14(20)5-2-12)15(11-13)17(25)21-7-9-23-10-8-21/h1-6,11H,7-10H2. The van der Waals surface area contributed by atoms with Crippen LogP contribution in [0.5, 0.6) is 5.75 Å². The molecule has 0 atom stereocenters. The van der Waals surface area contributed by atoms with Crippen LogP contribution < -0.4 is 4.74 Å². The summed E-state index contributed by atoms with van der Waals surface area (Å²) in [5.74, 6) is -0.0235. The van der Waals surface area contributed by atoms with E-state index in [1.165, 1.54) is 0 Å². The van der Waals surface area contributed by atoms with Gasteiger partial charge in [0.25, 0.3) is 0 Å². The molecule has 0 unspecified atom stereocenters. The van der Waals surface area contributed by atoms with Gasteiger partial charge in [0.05, 0.1) is 24.3 Å². The highest BCUT2D eigenvalue weighted by Gasteiger charge is 2.20. The van der Waals surface area contributed by atoms with Crippen molar-refractivity contribution in [2.24, 2.45) is 0 Å². The summed E-state index contributed by atoms with van der Waals surface area (Å²) >= 11 is 14.9. The number of morpholine rings is 1. The number of thiocarbonyl (C=S) groups is 1. The first-order valence-corrected chi connectivity index (χ1v) is 9.27. The van der Waals surface area contributed by atoms with E-state index in [0.717, 1.165) is 17.6 Å². The lowest BCUT2D eigenvalue weighted by Crippen LogP contribution is -2.40. The van der Waals surface area contributed by atoms with Crippen LogP contribution in [0.3, 0.4) is 0 Å². The molecular formula is C18H15BrClNO3S. The minimum Gasteiger partial charge on any atom is -0.422 e. The zero-order chi connectivity index (χ0) is 17.8. The van der Waals surface area contributed by atoms with Gasteiger partial charge in [0.1, 0.15) is 10.7 Å². The second kappa shape index (κ2) is 8.27. The van der Waals surface area contributed by atoms with Gasteiger partial charge in [-0.15, -0.1) is 0 Å². The van der Waals surface area contributed by atoms with Crippen LogP contribution in [0, 0.1) is 0 Å². The topological polar surface area (TPSA) is 38.8 Å². The number of esters is 1. The second-order valence-electron chi connectivity index (χ2n) is 5.44. The molecule has 3 rings (SSSR count). The number of halogens is 2. The number of carbonyl (C=O) groups excluding carboxylic acids is 1. The molecule has 4 nitrogen and oxygen atoms in total. The van der Waals surface area contributed by atoms with Crippen LogP contribution in [0.1, 0.15) is 15.9 Å². The maximum Gasteiger partial charge on any atom is 0.343 e. The van der Waals surface area contributed by atoms with Crippen molar-refractivity contribution in [2.75, 3.05) is 26.3 Å². The summed E-state index contributed by atoms with van der Waals surface area (Å²) < 4.78 is 11.8. The Morgan fingerprint density at radius 3 is 2.52 bits per heavy atom. The number of nitrogens with zero attached hydrogens (tertiary/aromatic N) is 1. The zero-order valence-corrected chi connectivity index (χ0v) is 16.4. The SMILES string of the molecule is O=C(Oc1ccc(Br)cc1C(=S)N1CCOCC1)c1ccc(Cl)cc1. The monoisotopic (exact) mass is 439 g/mol. The smallest absolute Gasteiger partial charge is 0.343 e. The molecule has 1 aliphatic heterocycles. The summed E-state index contributed by atoms with van der Waals surface area (Å²) in [6, 6.07) is 12.0. The number of carbonyl (C=O) groups is 1. The number of hydrogen-bond acceptors (Lipinski definition) is 4. The fraction of sp³-hybridized carbons (Fsp3) is 0.222. The first-order valence-electron chi connectivity index (χ1n) is 7.69. The minimum absolute atomic E-state index is 0.426. The van der Waals surface area contributed by atoms with Gasteiger partial charge in [-0.05, 0) is 42.5 Å². The van der Waals surface area contributed by atoms with Gasteiger partial charge >= 0.3 is 5.97 Å². The van der Waals surface area contributed by atoms with Gasteiger partial charge in [-0.1, -0.05) is 39.7 Å². The van der Waals surface area contributed by atoms with E-state index < -0.39 is 5.97 Å². The Labute approximate surface area is 164 Å². The van der Waals surface area contributed by atoms with Crippen molar-refractivity contribution >= 4 is 50.7 Å². The Kier molecular flexibility index (Phi) is 6.06. The molecule has 2 aromatic carbocycles. The molecule has 1 saturated heterocycles. The molecule has 0 aliphatic carbocycles. The molecule has 0 radical (unpaired) electrons. The Bertz CT molecular complexity index is 791. The summed E-state index contributed by atoms with van der Waals surface area (Å²) in [5.41, 5.74) is 1.13. The quantitative estimate of drug-likeness (QED) is 0.403. The summed E-state index contributed by atoms with van der Waals surface area (Å²) in [5, 5.41) is 0.564. The lowest BCUT2D eigenvalue weighted by molar-refractivity contribution is 0.0687. The van der Waals surface area contributed by atoms with Crippen LogP contribution in [0.4, 0.5) is 0 Å². The number of hydrogen-bond donors (Lipinski definition) is 0. The van der Waals surface area contributed by atoms with Crippen molar-refractivity contribution in [3.8, 4) is 5.75 Å². The van der Waals surface area contributed by atoms with E-state index >= 15 is 0 Å². The van der Waals surface area contributed by atoms with Gasteiger partial charge in [-0.25, -0.2) is 4.79 Å². The number of rotatable bonds is 3. The first-order chi connectivity index (χ1) is 12.0. The molecule has 0 aromatic heterocycles. The molecule has 0 amide bonds. The van der Waals surface area contributed by atoms with Crippen molar-refractivity contribution in [3.05, 3.63) is 63.1 Å². The third-order valence-corrected chi connectivity index (χ3v) is 4.98. The Morgan fingerprint density at radius 1 is 1.16 bits per heavy atom. The fourth-order valence-corrected chi connectivity index (χ4v) is 3.27. The highest BCUT2D eigenvalue weighted by atomic mass is 79.9. The molecule has 2 aromatic rings. The highest BCUT2D eigenvalue weighted by molar-refractivity contribution is 9.10. The predicted molar refractivity (Wildman–Crippen MR) is 105 cm³/mol. The van der Waals surface area contributed by atoms with Gasteiger partial charge in [-0.2, -0.15) is 0 Å². The summed E-state index contributed by atoms with van der Waals surface area (Å²) in [6.07, 6.45) is 0. The second-order valence-corrected chi connectivity index (χ2v) is 7.18. The van der Waals surface area contributed by atoms with Crippen molar-refractivity contribution in [1.82, 2.24) is 4.90 Å². The minimum atomic E-state index is -0.454. The molecule has 0 spiro atoms. The van der Waals surface area contributed by atoms with E-state index in [4.69, 9.17) is 33.3 Å². The van der Waals surface area contributed by atoms with Crippen LogP contribution >= 0.6 is 39.7 Å². The maximum atomic E-state index is 12.4. The average molecular weight is 441 g/mol. The third kappa shape index (κ3) is 4.58. The molecule has 25 heavy (non-hydrogen) atoms. The molecule has 1 fully saturated rings. The van der Waals surface area contributed by atoms with Gasteiger partial charge < -0.3 is 14.4 Å². The molecule has 1 heterocycles. The van der Waals surface area contributed by atoms with E-state index in [2.05, 4.69) is 20.8 Å². The summed E-state index contributed by atoms with van der Waals surface area (Å²) in [4.78, 5) is 15.1. The van der Waals surface area contributed by atoms with Gasteiger partial charge in [0.2, 0.25) is 0 Å². The Morgan fingerprint density at radius 2 is 1.84 bits per heavy atom. The highest BCUT2D eigenvalue weighted by Crippen LogP contribution is 2.26. The molecule has 0 N–H and O–H groups in total. The van der Waals surface area contributed by atoms with Crippen molar-refractivity contribution in [1.29, 1.82) is 0 Å². The normalized spacial score (nSPS) is 14.2. The molecule has 0 bridgehead atoms. The Balaban J connectivity index is 1.84. The molecule has 7 heteroatoms. The van der Waals surface area contributed by atoms with Crippen molar-refractivity contribution in [2.45, 2.75) is 0 Å². The lowest BCUT2D eigenvalue weighted by Gasteiger charge is -2.29. The van der Waals surface area contributed by atoms with Crippen molar-refractivity contribution in [3.63, 3.8) is 0 Å². The van der Waals surface area contributed by atoms with Gasteiger partial charge in [0.15, 0.2) is 0 Å². The summed E-state index contributed by atoms with van der Waals surface area (Å²) in [7, 11) is 0. The number of ether oxygens (including phenoxy) is 2. The van der Waals surface area contributed by atoms with Crippen LogP contribution in [0.25, 0.3) is 0 Å². The van der Waals surface area contributed by atoms with Crippen LogP contribution in [0.15, 0.2) is 46.9 Å². The van der Waals surface area contributed by atoms with Gasteiger partial charge in [0, 0.05) is 22.6 Å². The van der Waals surface area contributed by atoms with E-state index in [1.807, 2.05) is 12.1 Å². The predicted octanol–water partition coefficient (Wildman–Crippen LogP) is 4.33. The molecular weight excluding hydrogens is 426 g/mol. The number of benzene rings is 2. The van der Waals surface area contributed by atoms with Crippen LogP contribution in [0.2, 0.25) is 5.02 Å². The summed E-state index contributed by atoms with van der Waals surface area (Å²) in [6.45, 7) is 2.70. The largest absolute Gasteiger partial charge is 0.422 e. The molecule has 130 valence electrons. The van der Waals surface area contributed by atoms with Crippen LogP contribution in [-0.2, 0) is 4.74 Å². The lowest BCUT2D eigenvalue weighted by atomic mass is 10.1. The van der Waals surface area contributed by atoms with E-state index in [9.17, 15) is 4.79 Å². The Hall–Kier alpha value is -1.47.